The smallest absolute Gasteiger partial charge is 0.405 e. The molecule has 13 heteroatoms. The van der Waals surface area contributed by atoms with Crippen LogP contribution in [0.4, 0.5) is 13.2 Å². The second kappa shape index (κ2) is 22.7. The molecule has 4 aromatic rings. The standard InChI is InChI=1S/C30H36F3N5O4.C9H10O.2C2H2/c1-20(26-7-8-27(42-26)22-9-11-35-12-10-22)37-13-14-38(25(18-37)29(41)36-19-30(31,32)33)17-24(39)16-23(28(34)40)15-21-5-3-2-4-6-21;1-2-6-9-8(4-1)5-3-7-10-9;2*1-2/h2-12,20,23-25,39H,13-19H2,1H3,(H2,34,40)(H,36,41);1-2,4,6H,3,5,7H2;2*1-2H/t20?,23-,24+,25+;;;/m1.../s1. The number of ether oxygens (including phenoxy) is 1. The van der Waals surface area contributed by atoms with Gasteiger partial charge in [0.1, 0.15) is 29.9 Å². The zero-order valence-corrected chi connectivity index (χ0v) is 31.5. The molecule has 0 bridgehead atoms. The Bertz CT molecular complexity index is 1780. The van der Waals surface area contributed by atoms with Crippen molar-refractivity contribution >= 4 is 11.8 Å². The summed E-state index contributed by atoms with van der Waals surface area (Å²) in [7, 11) is 0. The number of nitrogens with one attached hydrogen (secondary N) is 1. The number of hydrogen-bond donors (Lipinski definition) is 3. The third-order valence-electron chi connectivity index (χ3n) is 9.39. The molecule has 1 saturated heterocycles. The first-order chi connectivity index (χ1) is 27.0. The number of nitrogens with zero attached hydrogens (tertiary/aromatic N) is 3. The number of aryl methyl sites for hydroxylation is 1. The van der Waals surface area contributed by atoms with Gasteiger partial charge in [0.15, 0.2) is 0 Å². The number of rotatable bonds is 12. The number of fused-ring (bicyclic) bond motifs is 1. The predicted molar refractivity (Wildman–Crippen MR) is 210 cm³/mol. The number of nitrogens with two attached hydrogens (primary N) is 1. The zero-order chi connectivity index (χ0) is 41.1. The Morgan fingerprint density at radius 1 is 0.982 bits per heavy atom. The lowest BCUT2D eigenvalue weighted by Crippen LogP contribution is -2.61. The number of carbonyl (C=O) groups excluding carboxylic acids is 2. The number of hydrogen-bond acceptors (Lipinski definition) is 8. The van der Waals surface area contributed by atoms with Crippen LogP contribution in [0.5, 0.6) is 5.75 Å². The Morgan fingerprint density at radius 2 is 1.66 bits per heavy atom. The SMILES string of the molecule is C#C.C#C.CC(c1ccc(-c2ccncc2)o1)N1CCN(C[C@@H](O)C[C@@H](Cc2ccccc2)C(N)=O)[C@H](C(=O)NCC(F)(F)F)C1.c1ccc2c(c1)CCCO2. The molecule has 2 amide bonds. The van der Waals surface area contributed by atoms with E-state index in [2.05, 4.69) is 42.8 Å². The molecule has 56 heavy (non-hydrogen) atoms. The molecule has 2 aromatic heterocycles. The van der Waals surface area contributed by atoms with Gasteiger partial charge in [-0.15, -0.1) is 25.7 Å². The van der Waals surface area contributed by atoms with E-state index in [0.717, 1.165) is 29.9 Å². The van der Waals surface area contributed by atoms with Crippen molar-refractivity contribution in [3.63, 3.8) is 0 Å². The molecule has 2 aliphatic heterocycles. The minimum Gasteiger partial charge on any atom is -0.493 e. The van der Waals surface area contributed by atoms with Gasteiger partial charge in [0, 0.05) is 50.1 Å². The summed E-state index contributed by atoms with van der Waals surface area (Å²) in [5, 5.41) is 12.9. The number of aliphatic hydroxyl groups excluding tert-OH is 1. The third kappa shape index (κ3) is 13.9. The number of piperazine rings is 1. The van der Waals surface area contributed by atoms with Crippen molar-refractivity contribution in [2.45, 2.75) is 57.0 Å². The molecule has 0 saturated carbocycles. The number of aromatic nitrogens is 1. The summed E-state index contributed by atoms with van der Waals surface area (Å²) in [4.78, 5) is 32.8. The van der Waals surface area contributed by atoms with Crippen molar-refractivity contribution in [2.75, 3.05) is 39.3 Å². The van der Waals surface area contributed by atoms with E-state index in [-0.39, 0.29) is 25.6 Å². The first-order valence-corrected chi connectivity index (χ1v) is 18.2. The largest absolute Gasteiger partial charge is 0.493 e. The summed E-state index contributed by atoms with van der Waals surface area (Å²) in [6.07, 6.45) is 16.5. The Morgan fingerprint density at radius 3 is 2.32 bits per heavy atom. The molecular weight excluding hydrogens is 723 g/mol. The van der Waals surface area contributed by atoms with Crippen LogP contribution in [0.2, 0.25) is 0 Å². The summed E-state index contributed by atoms with van der Waals surface area (Å²) in [6.45, 7) is 2.24. The van der Waals surface area contributed by atoms with E-state index in [4.69, 9.17) is 14.9 Å². The van der Waals surface area contributed by atoms with Crippen molar-refractivity contribution in [1.82, 2.24) is 20.1 Å². The van der Waals surface area contributed by atoms with Crippen molar-refractivity contribution < 1.29 is 37.0 Å². The molecule has 4 atom stereocenters. The van der Waals surface area contributed by atoms with E-state index in [1.165, 1.54) is 12.0 Å². The van der Waals surface area contributed by atoms with Crippen molar-refractivity contribution in [3.05, 3.63) is 108 Å². The number of para-hydroxylation sites is 1. The molecule has 0 aliphatic carbocycles. The lowest BCUT2D eigenvalue weighted by atomic mass is 9.92. The van der Waals surface area contributed by atoms with E-state index >= 15 is 0 Å². The minimum absolute atomic E-state index is 0.00214. The predicted octanol–water partition coefficient (Wildman–Crippen LogP) is 5.67. The number of benzene rings is 2. The summed E-state index contributed by atoms with van der Waals surface area (Å²) in [5.74, 6) is 0.392. The molecule has 2 aromatic carbocycles. The number of halogens is 3. The molecule has 1 unspecified atom stereocenters. The molecule has 4 N–H and O–H groups in total. The number of pyridine rings is 1. The van der Waals surface area contributed by atoms with Crippen molar-refractivity contribution in [1.29, 1.82) is 0 Å². The quantitative estimate of drug-likeness (QED) is 0.157. The maximum atomic E-state index is 13.0. The number of carbonyl (C=O) groups is 2. The summed E-state index contributed by atoms with van der Waals surface area (Å²) < 4.78 is 50.2. The Labute approximate surface area is 327 Å². The normalized spacial score (nSPS) is 16.9. The topological polar surface area (TPSA) is 134 Å². The number of β-amino-alcohol motifs (C(OH)–C–C–N with tert-alkyl or cyclic N) is 1. The van der Waals surface area contributed by atoms with E-state index < -0.39 is 42.6 Å². The van der Waals surface area contributed by atoms with Crippen LogP contribution < -0.4 is 15.8 Å². The van der Waals surface area contributed by atoms with Gasteiger partial charge in [-0.3, -0.25) is 24.4 Å². The van der Waals surface area contributed by atoms with Gasteiger partial charge in [-0.1, -0.05) is 48.5 Å². The summed E-state index contributed by atoms with van der Waals surface area (Å²) in [6, 6.07) is 23.6. The van der Waals surface area contributed by atoms with Gasteiger partial charge in [0.05, 0.1) is 18.8 Å². The number of alkyl halides is 3. The van der Waals surface area contributed by atoms with Crippen molar-refractivity contribution in [3.8, 4) is 42.8 Å². The fourth-order valence-electron chi connectivity index (χ4n) is 6.56. The number of aliphatic hydroxyl groups is 1. The highest BCUT2D eigenvalue weighted by atomic mass is 19.4. The Kier molecular flexibility index (Phi) is 18.2. The number of primary amides is 1. The van der Waals surface area contributed by atoms with Crippen LogP contribution in [-0.2, 0) is 22.4 Å². The van der Waals surface area contributed by atoms with Gasteiger partial charge in [0.25, 0.3) is 0 Å². The molecule has 0 radical (unpaired) electrons. The molecule has 0 spiro atoms. The Balaban J connectivity index is 0.000000506. The number of furan rings is 1. The highest BCUT2D eigenvalue weighted by Crippen LogP contribution is 2.30. The first kappa shape index (κ1) is 44.8. The van der Waals surface area contributed by atoms with Crippen LogP contribution in [0.15, 0.2) is 95.7 Å². The van der Waals surface area contributed by atoms with Crippen LogP contribution in [0.1, 0.15) is 42.7 Å². The lowest BCUT2D eigenvalue weighted by Gasteiger charge is -2.43. The second-order valence-electron chi connectivity index (χ2n) is 13.2. The highest BCUT2D eigenvalue weighted by Gasteiger charge is 2.38. The average Bonchev–Trinajstić information content (AvgIpc) is 3.72. The van der Waals surface area contributed by atoms with Crippen molar-refractivity contribution in [2.24, 2.45) is 11.7 Å². The molecule has 4 heterocycles. The first-order valence-electron chi connectivity index (χ1n) is 18.2. The number of terminal acetylenes is 2. The van der Waals surface area contributed by atoms with Crippen LogP contribution in [0, 0.1) is 31.6 Å². The van der Waals surface area contributed by atoms with Gasteiger partial charge in [-0.05, 0) is 74.1 Å². The monoisotopic (exact) mass is 773 g/mol. The van der Waals surface area contributed by atoms with Gasteiger partial charge >= 0.3 is 6.18 Å². The minimum atomic E-state index is -4.56. The fraction of sp³-hybridized carbons (Fsp3) is 0.372. The van der Waals surface area contributed by atoms with E-state index in [9.17, 15) is 27.9 Å². The van der Waals surface area contributed by atoms with Crippen LogP contribution in [0.25, 0.3) is 11.3 Å². The molecule has 10 nitrogen and oxygen atoms in total. The summed E-state index contributed by atoms with van der Waals surface area (Å²) in [5.41, 5.74) is 8.72. The van der Waals surface area contributed by atoms with Gasteiger partial charge in [-0.2, -0.15) is 13.2 Å². The summed E-state index contributed by atoms with van der Waals surface area (Å²) >= 11 is 0. The van der Waals surface area contributed by atoms with Crippen LogP contribution in [0.3, 0.4) is 0 Å². The second-order valence-corrected chi connectivity index (χ2v) is 13.2. The molecule has 2 aliphatic rings. The van der Waals surface area contributed by atoms with Crippen LogP contribution >= 0.6 is 0 Å². The molecule has 298 valence electrons. The third-order valence-corrected chi connectivity index (χ3v) is 9.39. The maximum absolute atomic E-state index is 13.0. The maximum Gasteiger partial charge on any atom is 0.405 e. The van der Waals surface area contributed by atoms with Gasteiger partial charge in [-0.25, -0.2) is 0 Å². The fourth-order valence-corrected chi connectivity index (χ4v) is 6.56. The van der Waals surface area contributed by atoms with Crippen LogP contribution in [-0.4, -0.2) is 89.4 Å². The van der Waals surface area contributed by atoms with Gasteiger partial charge < -0.3 is 25.3 Å². The van der Waals surface area contributed by atoms with E-state index in [1.54, 1.807) is 17.3 Å². The lowest BCUT2D eigenvalue weighted by molar-refractivity contribution is -0.144. The zero-order valence-electron chi connectivity index (χ0n) is 31.5. The molecule has 6 rings (SSSR count). The number of amides is 2. The average molecular weight is 774 g/mol. The highest BCUT2D eigenvalue weighted by molar-refractivity contribution is 5.82. The molecule has 1 fully saturated rings. The Hall–Kier alpha value is -5.60. The van der Waals surface area contributed by atoms with E-state index in [1.807, 2.05) is 83.9 Å². The molecular formula is C43H50F3N5O5. The van der Waals surface area contributed by atoms with E-state index in [0.29, 0.717) is 31.0 Å². The van der Waals surface area contributed by atoms with Gasteiger partial charge in [0.2, 0.25) is 11.8 Å².